The van der Waals surface area contributed by atoms with Gasteiger partial charge in [-0.15, -0.1) is 24.0 Å². The second kappa shape index (κ2) is 13.2. The summed E-state index contributed by atoms with van der Waals surface area (Å²) in [6, 6.07) is 11.3. The van der Waals surface area contributed by atoms with Gasteiger partial charge >= 0.3 is 0 Å². The first kappa shape index (κ1) is 23.2. The fourth-order valence-corrected chi connectivity index (χ4v) is 3.80. The zero-order valence-electron chi connectivity index (χ0n) is 17.1. The number of hydrogen-bond acceptors (Lipinski definition) is 3. The predicted molar refractivity (Wildman–Crippen MR) is 129 cm³/mol. The van der Waals surface area contributed by atoms with Crippen molar-refractivity contribution in [2.24, 2.45) is 4.99 Å². The minimum Gasteiger partial charge on any atom is -0.356 e. The number of aliphatic imine (C=N–C) groups is 1. The van der Waals surface area contributed by atoms with Crippen molar-refractivity contribution in [3.8, 4) is 0 Å². The molecule has 0 bridgehead atoms. The lowest BCUT2D eigenvalue weighted by molar-refractivity contribution is 0.126. The molecule has 1 aromatic carbocycles. The second-order valence-corrected chi connectivity index (χ2v) is 7.59. The van der Waals surface area contributed by atoms with Crippen LogP contribution < -0.4 is 10.6 Å². The molecule has 0 atom stereocenters. The topological polar surface area (TPSA) is 42.9 Å². The Kier molecular flexibility index (Phi) is 10.9. The van der Waals surface area contributed by atoms with Crippen molar-refractivity contribution < 1.29 is 0 Å². The summed E-state index contributed by atoms with van der Waals surface area (Å²) in [4.78, 5) is 9.51. The standard InChI is InChI=1S/C22H35N5.HI/c1-23-22(25-21-11-5-6-12-21)24-13-7-8-14-26-15-17-27(18-16-26)19-20-9-3-2-4-10-20;/h2-6,9-10,21H,7-8,11-19H2,1H3,(H2,23,24,25);1H. The molecular formula is C22H36IN5. The molecule has 3 rings (SSSR count). The van der Waals surface area contributed by atoms with Gasteiger partial charge in [-0.1, -0.05) is 42.5 Å². The summed E-state index contributed by atoms with van der Waals surface area (Å²) < 4.78 is 0. The van der Waals surface area contributed by atoms with E-state index in [2.05, 4.69) is 67.9 Å². The number of guanidine groups is 1. The van der Waals surface area contributed by atoms with Crippen LogP contribution in [0.3, 0.4) is 0 Å². The largest absolute Gasteiger partial charge is 0.356 e. The molecule has 0 spiro atoms. The number of piperazine rings is 1. The second-order valence-electron chi connectivity index (χ2n) is 7.59. The number of rotatable bonds is 8. The van der Waals surface area contributed by atoms with Gasteiger partial charge in [-0.05, 0) is 37.8 Å². The van der Waals surface area contributed by atoms with Gasteiger partial charge in [0, 0.05) is 52.4 Å². The van der Waals surface area contributed by atoms with Crippen molar-refractivity contribution in [2.45, 2.75) is 38.3 Å². The van der Waals surface area contributed by atoms with Crippen LogP contribution in [0.15, 0.2) is 47.5 Å². The van der Waals surface area contributed by atoms with Crippen LogP contribution in [0.25, 0.3) is 0 Å². The Labute approximate surface area is 187 Å². The molecule has 0 amide bonds. The van der Waals surface area contributed by atoms with E-state index in [1.807, 2.05) is 7.05 Å². The summed E-state index contributed by atoms with van der Waals surface area (Å²) in [5.41, 5.74) is 1.42. The Bertz CT molecular complexity index is 588. The summed E-state index contributed by atoms with van der Waals surface area (Å²) in [5.74, 6) is 0.943. The number of halogens is 1. The van der Waals surface area contributed by atoms with E-state index in [4.69, 9.17) is 0 Å². The molecule has 1 saturated heterocycles. The lowest BCUT2D eigenvalue weighted by atomic mass is 10.2. The molecule has 0 aromatic heterocycles. The van der Waals surface area contributed by atoms with Gasteiger partial charge in [0.05, 0.1) is 0 Å². The van der Waals surface area contributed by atoms with E-state index in [0.717, 1.165) is 31.9 Å². The highest BCUT2D eigenvalue weighted by Crippen LogP contribution is 2.10. The molecule has 1 aliphatic heterocycles. The molecule has 2 aliphatic rings. The van der Waals surface area contributed by atoms with Gasteiger partial charge in [-0.25, -0.2) is 0 Å². The van der Waals surface area contributed by atoms with Crippen LogP contribution >= 0.6 is 24.0 Å². The fourth-order valence-electron chi connectivity index (χ4n) is 3.80. The smallest absolute Gasteiger partial charge is 0.191 e. The van der Waals surface area contributed by atoms with Crippen molar-refractivity contribution in [1.29, 1.82) is 0 Å². The minimum atomic E-state index is 0. The monoisotopic (exact) mass is 497 g/mol. The summed E-state index contributed by atoms with van der Waals surface area (Å²) in [6.07, 6.45) is 9.13. The SMILES string of the molecule is CN=C(NCCCCN1CCN(Cc2ccccc2)CC1)NC1CC=CC1.I. The average Bonchev–Trinajstić information content (AvgIpc) is 3.22. The van der Waals surface area contributed by atoms with Crippen LogP contribution in [0.2, 0.25) is 0 Å². The summed E-state index contributed by atoms with van der Waals surface area (Å²) in [5, 5.41) is 6.94. The predicted octanol–water partition coefficient (Wildman–Crippen LogP) is 3.09. The molecule has 156 valence electrons. The molecule has 1 fully saturated rings. The fraction of sp³-hybridized carbons (Fsp3) is 0.591. The third kappa shape index (κ3) is 8.09. The Morgan fingerprint density at radius 1 is 1.00 bits per heavy atom. The van der Waals surface area contributed by atoms with Gasteiger partial charge < -0.3 is 15.5 Å². The Hall–Kier alpha value is -1.12. The van der Waals surface area contributed by atoms with Crippen molar-refractivity contribution in [3.63, 3.8) is 0 Å². The van der Waals surface area contributed by atoms with E-state index in [1.165, 1.54) is 51.1 Å². The van der Waals surface area contributed by atoms with Crippen molar-refractivity contribution in [3.05, 3.63) is 48.0 Å². The third-order valence-electron chi connectivity index (χ3n) is 5.48. The van der Waals surface area contributed by atoms with Gasteiger partial charge in [0.15, 0.2) is 5.96 Å². The number of hydrogen-bond donors (Lipinski definition) is 2. The minimum absolute atomic E-state index is 0. The highest BCUT2D eigenvalue weighted by molar-refractivity contribution is 14.0. The van der Waals surface area contributed by atoms with E-state index in [1.54, 1.807) is 0 Å². The van der Waals surface area contributed by atoms with Gasteiger partial charge in [0.1, 0.15) is 0 Å². The Balaban J connectivity index is 0.00000280. The van der Waals surface area contributed by atoms with E-state index >= 15 is 0 Å². The van der Waals surface area contributed by atoms with Crippen molar-refractivity contribution in [1.82, 2.24) is 20.4 Å². The first-order valence-electron chi connectivity index (χ1n) is 10.4. The lowest BCUT2D eigenvalue weighted by Gasteiger charge is -2.34. The molecule has 28 heavy (non-hydrogen) atoms. The van der Waals surface area contributed by atoms with Gasteiger partial charge in [0.25, 0.3) is 0 Å². The maximum absolute atomic E-state index is 4.33. The lowest BCUT2D eigenvalue weighted by Crippen LogP contribution is -2.46. The summed E-state index contributed by atoms with van der Waals surface area (Å²) >= 11 is 0. The third-order valence-corrected chi connectivity index (χ3v) is 5.48. The number of nitrogens with one attached hydrogen (secondary N) is 2. The first-order valence-corrected chi connectivity index (χ1v) is 10.4. The zero-order valence-corrected chi connectivity index (χ0v) is 19.5. The van der Waals surface area contributed by atoms with E-state index in [-0.39, 0.29) is 24.0 Å². The van der Waals surface area contributed by atoms with E-state index < -0.39 is 0 Å². The highest BCUT2D eigenvalue weighted by Gasteiger charge is 2.16. The van der Waals surface area contributed by atoms with Crippen molar-refractivity contribution >= 4 is 29.9 Å². The van der Waals surface area contributed by atoms with Crippen LogP contribution in [0, 0.1) is 0 Å². The Morgan fingerprint density at radius 3 is 2.36 bits per heavy atom. The molecular weight excluding hydrogens is 461 g/mol. The molecule has 0 unspecified atom stereocenters. The van der Waals surface area contributed by atoms with E-state index in [9.17, 15) is 0 Å². The van der Waals surface area contributed by atoms with E-state index in [0.29, 0.717) is 6.04 Å². The molecule has 6 heteroatoms. The zero-order chi connectivity index (χ0) is 18.7. The molecule has 5 nitrogen and oxygen atoms in total. The maximum Gasteiger partial charge on any atom is 0.191 e. The maximum atomic E-state index is 4.33. The van der Waals surface area contributed by atoms with Gasteiger partial charge in [-0.2, -0.15) is 0 Å². The number of nitrogens with zero attached hydrogens (tertiary/aromatic N) is 3. The molecule has 1 aliphatic carbocycles. The average molecular weight is 497 g/mol. The Morgan fingerprint density at radius 2 is 1.68 bits per heavy atom. The van der Waals surface area contributed by atoms with Crippen LogP contribution in [0.5, 0.6) is 0 Å². The quantitative estimate of drug-likeness (QED) is 0.191. The molecule has 1 heterocycles. The molecule has 1 aromatic rings. The normalized spacial score (nSPS) is 18.8. The summed E-state index contributed by atoms with van der Waals surface area (Å²) in [7, 11) is 1.85. The molecule has 2 N–H and O–H groups in total. The molecule has 0 saturated carbocycles. The van der Waals surface area contributed by atoms with Gasteiger partial charge in [-0.3, -0.25) is 9.89 Å². The van der Waals surface area contributed by atoms with Crippen molar-refractivity contribution in [2.75, 3.05) is 46.3 Å². The van der Waals surface area contributed by atoms with Crippen LogP contribution in [0.1, 0.15) is 31.2 Å². The van der Waals surface area contributed by atoms with Crippen LogP contribution in [-0.4, -0.2) is 68.1 Å². The first-order chi connectivity index (χ1) is 13.3. The highest BCUT2D eigenvalue weighted by atomic mass is 127. The summed E-state index contributed by atoms with van der Waals surface area (Å²) in [6.45, 7) is 8.03. The molecule has 0 radical (unpaired) electrons. The number of benzene rings is 1. The van der Waals surface area contributed by atoms with Crippen LogP contribution in [0.4, 0.5) is 0 Å². The van der Waals surface area contributed by atoms with Gasteiger partial charge in [0.2, 0.25) is 0 Å². The van der Waals surface area contributed by atoms with Crippen LogP contribution in [-0.2, 0) is 6.54 Å². The number of unbranched alkanes of at least 4 members (excludes halogenated alkanes) is 1.